The first-order valence-corrected chi connectivity index (χ1v) is 6.62. The van der Waals surface area contributed by atoms with Crippen molar-refractivity contribution in [3.05, 3.63) is 42.5 Å². The largest absolute Gasteiger partial charge is 0.103 e. The van der Waals surface area contributed by atoms with Crippen LogP contribution in [0.2, 0.25) is 5.04 Å². The van der Waals surface area contributed by atoms with Crippen molar-refractivity contribution in [2.24, 2.45) is 0 Å². The summed E-state index contributed by atoms with van der Waals surface area (Å²) in [6.07, 6.45) is 3.01. The monoisotopic (exact) mass is 204 g/mol. The molecule has 0 aliphatic carbocycles. The van der Waals surface area contributed by atoms with E-state index in [2.05, 4.69) is 51.6 Å². The summed E-state index contributed by atoms with van der Waals surface area (Å²) in [5.74, 6) is 0. The van der Waals surface area contributed by atoms with Crippen molar-refractivity contribution in [1.82, 2.24) is 0 Å². The lowest BCUT2D eigenvalue weighted by atomic mass is 10.1. The number of hydrogen-bond donors (Lipinski definition) is 0. The normalized spacial score (nSPS) is 12.2. The molecule has 0 N–H and O–H groups in total. The molecule has 0 fully saturated rings. The van der Waals surface area contributed by atoms with Crippen molar-refractivity contribution < 1.29 is 0 Å². The molecule has 0 amide bonds. The van der Waals surface area contributed by atoms with E-state index in [1.807, 2.05) is 6.08 Å². The van der Waals surface area contributed by atoms with Gasteiger partial charge in [-0.3, -0.25) is 0 Å². The molecule has 0 atom stereocenters. The SMILES string of the molecule is C=CCc1ccccc1[SiH2]C(C)(C)C. The average molecular weight is 204 g/mol. The molecule has 14 heavy (non-hydrogen) atoms. The first-order chi connectivity index (χ1) is 6.53. The Hall–Kier alpha value is -0.823. The van der Waals surface area contributed by atoms with Crippen molar-refractivity contribution in [1.29, 1.82) is 0 Å². The smallest absolute Gasteiger partial charge is 0.0604 e. The van der Waals surface area contributed by atoms with Gasteiger partial charge in [-0.25, -0.2) is 0 Å². The van der Waals surface area contributed by atoms with Gasteiger partial charge in [-0.1, -0.05) is 56.3 Å². The summed E-state index contributed by atoms with van der Waals surface area (Å²) in [4.78, 5) is 0. The van der Waals surface area contributed by atoms with E-state index in [-0.39, 0.29) is 9.52 Å². The van der Waals surface area contributed by atoms with E-state index in [1.165, 1.54) is 5.56 Å². The Kier molecular flexibility index (Phi) is 3.70. The summed E-state index contributed by atoms with van der Waals surface area (Å²) in [5.41, 5.74) is 1.48. The van der Waals surface area contributed by atoms with Crippen LogP contribution in [0.5, 0.6) is 0 Å². The highest BCUT2D eigenvalue weighted by Crippen LogP contribution is 2.20. The van der Waals surface area contributed by atoms with Crippen molar-refractivity contribution in [2.45, 2.75) is 32.2 Å². The van der Waals surface area contributed by atoms with Crippen LogP contribution >= 0.6 is 0 Å². The molecule has 0 radical (unpaired) electrons. The standard InChI is InChI=1S/C13H20Si/c1-5-8-11-9-6-7-10-12(11)14-13(2,3)4/h5-7,9-10H,1,8,14H2,2-4H3. The summed E-state index contributed by atoms with van der Waals surface area (Å²) < 4.78 is 0. The van der Waals surface area contributed by atoms with E-state index in [9.17, 15) is 0 Å². The molecular weight excluding hydrogens is 184 g/mol. The van der Waals surface area contributed by atoms with Crippen LogP contribution < -0.4 is 5.19 Å². The van der Waals surface area contributed by atoms with Gasteiger partial charge in [0.15, 0.2) is 0 Å². The number of rotatable bonds is 3. The molecule has 1 aromatic carbocycles. The number of hydrogen-bond acceptors (Lipinski definition) is 0. The second-order valence-corrected chi connectivity index (χ2v) is 8.24. The van der Waals surface area contributed by atoms with E-state index in [1.54, 1.807) is 5.19 Å². The lowest BCUT2D eigenvalue weighted by Gasteiger charge is -2.19. The number of benzene rings is 1. The maximum Gasteiger partial charge on any atom is 0.0604 e. The predicted molar refractivity (Wildman–Crippen MR) is 68.2 cm³/mol. The maximum absolute atomic E-state index is 3.81. The molecule has 0 aliphatic heterocycles. The lowest BCUT2D eigenvalue weighted by Crippen LogP contribution is -2.26. The Morgan fingerprint density at radius 2 is 1.93 bits per heavy atom. The molecule has 0 saturated heterocycles. The Balaban J connectivity index is 2.89. The topological polar surface area (TPSA) is 0 Å². The second kappa shape index (κ2) is 4.60. The molecule has 0 aromatic heterocycles. The highest BCUT2D eigenvalue weighted by molar-refractivity contribution is 6.57. The van der Waals surface area contributed by atoms with Gasteiger partial charge in [0.2, 0.25) is 0 Å². The molecular formula is C13H20Si. The van der Waals surface area contributed by atoms with E-state index < -0.39 is 0 Å². The zero-order chi connectivity index (χ0) is 10.6. The summed E-state index contributed by atoms with van der Waals surface area (Å²) in [6, 6.07) is 8.80. The van der Waals surface area contributed by atoms with Gasteiger partial charge in [-0.2, -0.15) is 0 Å². The van der Waals surface area contributed by atoms with E-state index in [0.29, 0.717) is 5.04 Å². The van der Waals surface area contributed by atoms with Crippen molar-refractivity contribution in [3.63, 3.8) is 0 Å². The zero-order valence-electron chi connectivity index (χ0n) is 9.51. The van der Waals surface area contributed by atoms with Crippen LogP contribution in [-0.4, -0.2) is 9.52 Å². The summed E-state index contributed by atoms with van der Waals surface area (Å²) in [6.45, 7) is 10.8. The third kappa shape index (κ3) is 3.50. The Labute approximate surface area is 89.9 Å². The Morgan fingerprint density at radius 1 is 1.29 bits per heavy atom. The van der Waals surface area contributed by atoms with Gasteiger partial charge in [0.1, 0.15) is 0 Å². The second-order valence-electron chi connectivity index (χ2n) is 5.00. The van der Waals surface area contributed by atoms with Crippen molar-refractivity contribution in [3.8, 4) is 0 Å². The molecule has 0 heterocycles. The van der Waals surface area contributed by atoms with Gasteiger partial charge in [0.25, 0.3) is 0 Å². The Morgan fingerprint density at radius 3 is 2.50 bits per heavy atom. The van der Waals surface area contributed by atoms with Gasteiger partial charge in [-0.15, -0.1) is 6.58 Å². The minimum atomic E-state index is -0.170. The minimum absolute atomic E-state index is 0.170. The quantitative estimate of drug-likeness (QED) is 0.524. The van der Waals surface area contributed by atoms with Gasteiger partial charge in [-0.05, 0) is 17.0 Å². The van der Waals surface area contributed by atoms with Gasteiger partial charge in [0, 0.05) is 0 Å². The van der Waals surface area contributed by atoms with Crippen molar-refractivity contribution in [2.75, 3.05) is 0 Å². The molecule has 76 valence electrons. The fraction of sp³-hybridized carbons (Fsp3) is 0.385. The molecule has 0 spiro atoms. The lowest BCUT2D eigenvalue weighted by molar-refractivity contribution is 0.759. The van der Waals surface area contributed by atoms with E-state index >= 15 is 0 Å². The Bertz CT molecular complexity index is 307. The molecule has 0 aliphatic rings. The molecule has 1 aromatic rings. The van der Waals surface area contributed by atoms with Crippen molar-refractivity contribution >= 4 is 14.7 Å². The fourth-order valence-electron chi connectivity index (χ4n) is 1.66. The predicted octanol–water partition coefficient (Wildman–Crippen LogP) is 2.43. The van der Waals surface area contributed by atoms with Gasteiger partial charge in [0.05, 0.1) is 9.52 Å². The van der Waals surface area contributed by atoms with E-state index in [0.717, 1.165) is 6.42 Å². The third-order valence-corrected chi connectivity index (χ3v) is 4.33. The van der Waals surface area contributed by atoms with Crippen LogP contribution in [0.3, 0.4) is 0 Å². The molecule has 0 bridgehead atoms. The maximum atomic E-state index is 3.81. The molecule has 1 rings (SSSR count). The summed E-state index contributed by atoms with van der Waals surface area (Å²) in [7, 11) is -0.170. The molecule has 0 unspecified atom stereocenters. The van der Waals surface area contributed by atoms with Crippen LogP contribution in [0.15, 0.2) is 36.9 Å². The van der Waals surface area contributed by atoms with E-state index in [4.69, 9.17) is 0 Å². The van der Waals surface area contributed by atoms with Crippen LogP contribution in [0.25, 0.3) is 0 Å². The van der Waals surface area contributed by atoms with Crippen LogP contribution in [0, 0.1) is 0 Å². The summed E-state index contributed by atoms with van der Waals surface area (Å²) in [5, 5.41) is 2.09. The van der Waals surface area contributed by atoms with Crippen LogP contribution in [0.1, 0.15) is 26.3 Å². The molecule has 0 nitrogen and oxygen atoms in total. The highest BCUT2D eigenvalue weighted by Gasteiger charge is 2.13. The fourth-order valence-corrected chi connectivity index (χ4v) is 3.54. The first-order valence-electron chi connectivity index (χ1n) is 5.20. The number of allylic oxidation sites excluding steroid dienone is 1. The average Bonchev–Trinajstić information content (AvgIpc) is 2.06. The van der Waals surface area contributed by atoms with Gasteiger partial charge < -0.3 is 0 Å². The third-order valence-electron chi connectivity index (χ3n) is 2.20. The molecule has 0 saturated carbocycles. The first kappa shape index (κ1) is 11.3. The zero-order valence-corrected chi connectivity index (χ0v) is 10.9. The highest BCUT2D eigenvalue weighted by atomic mass is 28.2. The summed E-state index contributed by atoms with van der Waals surface area (Å²) >= 11 is 0. The molecule has 1 heteroatoms. The van der Waals surface area contributed by atoms with Crippen LogP contribution in [0.4, 0.5) is 0 Å². The van der Waals surface area contributed by atoms with Crippen LogP contribution in [-0.2, 0) is 6.42 Å². The van der Waals surface area contributed by atoms with Gasteiger partial charge >= 0.3 is 0 Å². The minimum Gasteiger partial charge on any atom is -0.103 e.